The number of benzene rings is 1. The first-order chi connectivity index (χ1) is 6.83. The summed E-state index contributed by atoms with van der Waals surface area (Å²) in [5.74, 6) is -0.156. The Hall–Kier alpha value is -0.890. The lowest BCUT2D eigenvalue weighted by Crippen LogP contribution is -1.97. The van der Waals surface area contributed by atoms with Gasteiger partial charge >= 0.3 is 0 Å². The summed E-state index contributed by atoms with van der Waals surface area (Å²) in [6.07, 6.45) is 5.76. The average molecular weight is 195 g/mol. The Morgan fingerprint density at radius 2 is 1.57 bits per heavy atom. The fraction of sp³-hybridized carbons (Fsp3) is 0.500. The fourth-order valence-electron chi connectivity index (χ4n) is 1.48. The lowest BCUT2D eigenvalue weighted by molar-refractivity contribution is 0.624. The van der Waals surface area contributed by atoms with Crippen LogP contribution in [-0.2, 0) is 6.42 Å². The molecule has 0 amide bonds. The van der Waals surface area contributed by atoms with Crippen molar-refractivity contribution in [2.24, 2.45) is 5.73 Å². The lowest BCUT2D eigenvalue weighted by atomic mass is 10.1. The van der Waals surface area contributed by atoms with Crippen LogP contribution in [-0.4, -0.2) is 6.54 Å². The molecule has 0 aliphatic rings. The molecule has 1 nitrogen and oxygen atoms in total. The van der Waals surface area contributed by atoms with Crippen molar-refractivity contribution in [3.63, 3.8) is 0 Å². The van der Waals surface area contributed by atoms with Crippen molar-refractivity contribution >= 4 is 0 Å². The van der Waals surface area contributed by atoms with E-state index in [1.165, 1.54) is 37.0 Å². The van der Waals surface area contributed by atoms with E-state index in [0.29, 0.717) is 0 Å². The zero-order chi connectivity index (χ0) is 10.2. The zero-order valence-electron chi connectivity index (χ0n) is 8.51. The van der Waals surface area contributed by atoms with Crippen molar-refractivity contribution in [3.8, 4) is 0 Å². The van der Waals surface area contributed by atoms with Crippen LogP contribution in [0.3, 0.4) is 0 Å². The number of halogens is 1. The van der Waals surface area contributed by atoms with Gasteiger partial charge in [-0.15, -0.1) is 0 Å². The molecule has 0 atom stereocenters. The molecule has 1 aromatic carbocycles. The first-order valence-electron chi connectivity index (χ1n) is 5.27. The number of rotatable bonds is 6. The summed E-state index contributed by atoms with van der Waals surface area (Å²) in [7, 11) is 0. The van der Waals surface area contributed by atoms with Gasteiger partial charge in [-0.05, 0) is 43.5 Å². The topological polar surface area (TPSA) is 26.0 Å². The smallest absolute Gasteiger partial charge is 0.123 e. The number of nitrogens with two attached hydrogens (primary N) is 1. The molecule has 1 rings (SSSR count). The minimum Gasteiger partial charge on any atom is -0.330 e. The molecule has 0 fully saturated rings. The van der Waals surface area contributed by atoms with Crippen molar-refractivity contribution in [1.82, 2.24) is 0 Å². The molecule has 2 N–H and O–H groups in total. The zero-order valence-corrected chi connectivity index (χ0v) is 8.51. The molecule has 0 heterocycles. The van der Waals surface area contributed by atoms with E-state index >= 15 is 0 Å². The van der Waals surface area contributed by atoms with E-state index in [-0.39, 0.29) is 5.82 Å². The highest BCUT2D eigenvalue weighted by Crippen LogP contribution is 2.08. The number of unbranched alkanes of at least 4 members (excludes halogenated alkanes) is 3. The molecule has 78 valence electrons. The second-order valence-corrected chi connectivity index (χ2v) is 3.58. The standard InChI is InChI=1S/C12H18FN/c13-12-8-6-11(7-9-12)5-3-1-2-4-10-14/h6-9H,1-5,10,14H2. The van der Waals surface area contributed by atoms with Crippen LogP contribution in [0.2, 0.25) is 0 Å². The van der Waals surface area contributed by atoms with Crippen LogP contribution >= 0.6 is 0 Å². The summed E-state index contributed by atoms with van der Waals surface area (Å²) < 4.78 is 12.6. The fourth-order valence-corrected chi connectivity index (χ4v) is 1.48. The predicted octanol–water partition coefficient (Wildman–Crippen LogP) is 2.89. The second-order valence-electron chi connectivity index (χ2n) is 3.58. The van der Waals surface area contributed by atoms with E-state index < -0.39 is 0 Å². The Balaban J connectivity index is 2.15. The minimum atomic E-state index is -0.156. The van der Waals surface area contributed by atoms with Crippen molar-refractivity contribution in [1.29, 1.82) is 0 Å². The van der Waals surface area contributed by atoms with Gasteiger partial charge in [0.15, 0.2) is 0 Å². The van der Waals surface area contributed by atoms with Gasteiger partial charge in [-0.3, -0.25) is 0 Å². The summed E-state index contributed by atoms with van der Waals surface area (Å²) in [6.45, 7) is 0.788. The number of hydrogen-bond acceptors (Lipinski definition) is 1. The van der Waals surface area contributed by atoms with Crippen LogP contribution in [0.25, 0.3) is 0 Å². The van der Waals surface area contributed by atoms with Crippen LogP contribution in [0, 0.1) is 5.82 Å². The molecule has 0 aromatic heterocycles. The van der Waals surface area contributed by atoms with Crippen molar-refractivity contribution in [2.45, 2.75) is 32.1 Å². The first-order valence-corrected chi connectivity index (χ1v) is 5.27. The Labute approximate surface area is 85.1 Å². The maximum atomic E-state index is 12.6. The minimum absolute atomic E-state index is 0.156. The van der Waals surface area contributed by atoms with Crippen LogP contribution in [0.4, 0.5) is 4.39 Å². The molecular formula is C12H18FN. The maximum absolute atomic E-state index is 12.6. The summed E-state index contributed by atoms with van der Waals surface area (Å²) >= 11 is 0. The molecule has 0 aliphatic heterocycles. The molecule has 0 saturated heterocycles. The van der Waals surface area contributed by atoms with E-state index in [9.17, 15) is 4.39 Å². The molecule has 0 radical (unpaired) electrons. The van der Waals surface area contributed by atoms with Gasteiger partial charge in [-0.1, -0.05) is 25.0 Å². The Bertz CT molecular complexity index is 243. The summed E-state index contributed by atoms with van der Waals surface area (Å²) in [5, 5.41) is 0. The summed E-state index contributed by atoms with van der Waals surface area (Å²) in [6, 6.07) is 6.76. The Morgan fingerprint density at radius 3 is 2.21 bits per heavy atom. The van der Waals surface area contributed by atoms with E-state index in [1.54, 1.807) is 0 Å². The second kappa shape index (κ2) is 6.55. The number of hydrogen-bond donors (Lipinski definition) is 1. The quantitative estimate of drug-likeness (QED) is 0.694. The molecule has 0 bridgehead atoms. The van der Waals surface area contributed by atoms with Gasteiger partial charge in [0.25, 0.3) is 0 Å². The van der Waals surface area contributed by atoms with E-state index in [2.05, 4.69) is 0 Å². The highest BCUT2D eigenvalue weighted by Gasteiger charge is 1.94. The van der Waals surface area contributed by atoms with Crippen LogP contribution in [0.1, 0.15) is 31.2 Å². The molecule has 1 aromatic rings. The predicted molar refractivity (Wildman–Crippen MR) is 57.6 cm³/mol. The molecule has 14 heavy (non-hydrogen) atoms. The molecule has 2 heteroatoms. The highest BCUT2D eigenvalue weighted by molar-refractivity contribution is 5.15. The van der Waals surface area contributed by atoms with Gasteiger partial charge < -0.3 is 5.73 Å². The monoisotopic (exact) mass is 195 g/mol. The van der Waals surface area contributed by atoms with Gasteiger partial charge in [0.05, 0.1) is 0 Å². The lowest BCUT2D eigenvalue weighted by Gasteiger charge is -2.01. The van der Waals surface area contributed by atoms with E-state index in [4.69, 9.17) is 5.73 Å². The SMILES string of the molecule is NCCCCCCc1ccc(F)cc1. The third-order valence-electron chi connectivity index (χ3n) is 2.33. The molecule has 0 saturated carbocycles. The van der Waals surface area contributed by atoms with Gasteiger partial charge in [0, 0.05) is 0 Å². The normalized spacial score (nSPS) is 10.4. The van der Waals surface area contributed by atoms with Crippen molar-refractivity contribution in [2.75, 3.05) is 6.54 Å². The number of aryl methyl sites for hydroxylation is 1. The third kappa shape index (κ3) is 4.38. The van der Waals surface area contributed by atoms with Crippen LogP contribution in [0.5, 0.6) is 0 Å². The Kier molecular flexibility index (Phi) is 5.23. The first kappa shape index (κ1) is 11.2. The van der Waals surface area contributed by atoms with Crippen LogP contribution in [0.15, 0.2) is 24.3 Å². The molecule has 0 aliphatic carbocycles. The Morgan fingerprint density at radius 1 is 0.929 bits per heavy atom. The van der Waals surface area contributed by atoms with Gasteiger partial charge in [0.2, 0.25) is 0 Å². The van der Waals surface area contributed by atoms with Gasteiger partial charge in [-0.2, -0.15) is 0 Å². The van der Waals surface area contributed by atoms with Gasteiger partial charge in [0.1, 0.15) is 5.82 Å². The van der Waals surface area contributed by atoms with Crippen molar-refractivity contribution < 1.29 is 4.39 Å². The van der Waals surface area contributed by atoms with E-state index in [0.717, 1.165) is 19.4 Å². The average Bonchev–Trinajstić information content (AvgIpc) is 2.21. The molecular weight excluding hydrogens is 177 g/mol. The third-order valence-corrected chi connectivity index (χ3v) is 2.33. The summed E-state index contributed by atoms with van der Waals surface area (Å²) in [4.78, 5) is 0. The molecule has 0 unspecified atom stereocenters. The highest BCUT2D eigenvalue weighted by atomic mass is 19.1. The summed E-state index contributed by atoms with van der Waals surface area (Å²) in [5.41, 5.74) is 6.62. The largest absolute Gasteiger partial charge is 0.330 e. The van der Waals surface area contributed by atoms with Crippen molar-refractivity contribution in [3.05, 3.63) is 35.6 Å². The van der Waals surface area contributed by atoms with Gasteiger partial charge in [-0.25, -0.2) is 4.39 Å². The maximum Gasteiger partial charge on any atom is 0.123 e. The van der Waals surface area contributed by atoms with E-state index in [1.807, 2.05) is 12.1 Å². The van der Waals surface area contributed by atoms with Crippen LogP contribution < -0.4 is 5.73 Å². The molecule has 0 spiro atoms.